The first-order valence-electron chi connectivity index (χ1n) is 20.5. The van der Waals surface area contributed by atoms with Crippen molar-refractivity contribution >= 4 is 11.8 Å². The molecule has 0 aromatic carbocycles. The Balaban J connectivity index is 0. The highest BCUT2D eigenvalue weighted by atomic mass is 32.2. The van der Waals surface area contributed by atoms with Crippen molar-refractivity contribution in [3.63, 3.8) is 0 Å². The summed E-state index contributed by atoms with van der Waals surface area (Å²) in [7, 11) is 0. The lowest BCUT2D eigenvalue weighted by atomic mass is 10.1. The van der Waals surface area contributed by atoms with E-state index >= 15 is 0 Å². The lowest BCUT2D eigenvalue weighted by Gasteiger charge is -2.19. The van der Waals surface area contributed by atoms with Crippen LogP contribution in [0.3, 0.4) is 0 Å². The lowest BCUT2D eigenvalue weighted by Crippen LogP contribution is -2.19. The third-order valence-electron chi connectivity index (χ3n) is 8.35. The zero-order chi connectivity index (χ0) is 35.4. The molecule has 0 spiro atoms. The molecule has 1 atom stereocenters. The molecule has 0 aliphatic heterocycles. The SMILES string of the molecule is C=CCCCCCCC/C=C\C/C=C\CCCCC.C=CN(/C=C\C)CC(C)CSCCCCCCCC/C=C\C/C=C\CCCCC. The average Bonchev–Trinajstić information content (AvgIpc) is 3.09. The van der Waals surface area contributed by atoms with Crippen LogP contribution >= 0.6 is 11.8 Å². The summed E-state index contributed by atoms with van der Waals surface area (Å²) in [6.45, 7) is 17.6. The van der Waals surface area contributed by atoms with E-state index in [9.17, 15) is 0 Å². The van der Waals surface area contributed by atoms with Gasteiger partial charge in [0.15, 0.2) is 0 Å². The molecule has 0 aliphatic carbocycles. The highest BCUT2D eigenvalue weighted by Crippen LogP contribution is 2.15. The molecule has 0 radical (unpaired) electrons. The average molecular weight is 682 g/mol. The van der Waals surface area contributed by atoms with Crippen LogP contribution in [0.2, 0.25) is 0 Å². The second kappa shape index (κ2) is 45.3. The van der Waals surface area contributed by atoms with Gasteiger partial charge in [-0.05, 0) is 120 Å². The van der Waals surface area contributed by atoms with Gasteiger partial charge in [-0.1, -0.05) is 159 Å². The minimum atomic E-state index is 0.707. The van der Waals surface area contributed by atoms with Crippen LogP contribution in [0.25, 0.3) is 0 Å². The van der Waals surface area contributed by atoms with E-state index in [0.717, 1.165) is 19.4 Å². The van der Waals surface area contributed by atoms with E-state index in [4.69, 9.17) is 0 Å². The van der Waals surface area contributed by atoms with Crippen LogP contribution in [0.5, 0.6) is 0 Å². The van der Waals surface area contributed by atoms with E-state index in [0.29, 0.717) is 5.92 Å². The van der Waals surface area contributed by atoms with Gasteiger partial charge in [0.25, 0.3) is 0 Å². The summed E-state index contributed by atoms with van der Waals surface area (Å²) >= 11 is 2.12. The van der Waals surface area contributed by atoms with Crippen LogP contribution in [0.1, 0.15) is 182 Å². The Morgan fingerprint density at radius 3 is 1.38 bits per heavy atom. The van der Waals surface area contributed by atoms with E-state index in [-0.39, 0.29) is 0 Å². The highest BCUT2D eigenvalue weighted by Gasteiger charge is 2.05. The van der Waals surface area contributed by atoms with E-state index in [1.807, 2.05) is 12.3 Å². The maximum atomic E-state index is 3.88. The van der Waals surface area contributed by atoms with Crippen LogP contribution in [0.4, 0.5) is 0 Å². The second-order valence-electron chi connectivity index (χ2n) is 13.4. The first-order valence-corrected chi connectivity index (χ1v) is 21.6. The summed E-state index contributed by atoms with van der Waals surface area (Å²) in [5.41, 5.74) is 0. The topological polar surface area (TPSA) is 3.24 Å². The van der Waals surface area contributed by atoms with Crippen molar-refractivity contribution in [1.82, 2.24) is 4.90 Å². The molecule has 0 N–H and O–H groups in total. The van der Waals surface area contributed by atoms with Crippen LogP contribution in [-0.2, 0) is 0 Å². The first-order chi connectivity index (χ1) is 23.7. The number of thioether (sulfide) groups is 1. The Morgan fingerprint density at radius 2 is 0.958 bits per heavy atom. The molecule has 0 saturated carbocycles. The van der Waals surface area contributed by atoms with Crippen LogP contribution < -0.4 is 0 Å². The van der Waals surface area contributed by atoms with E-state index < -0.39 is 0 Å². The van der Waals surface area contributed by atoms with Gasteiger partial charge in [0, 0.05) is 6.54 Å². The van der Waals surface area contributed by atoms with Gasteiger partial charge in [0.2, 0.25) is 0 Å². The van der Waals surface area contributed by atoms with Crippen LogP contribution in [-0.4, -0.2) is 23.0 Å². The standard InChI is InChI=1S/C27H49NS.C19H34/c1-5-8-9-10-11-12-13-14-15-16-17-18-19-20-21-22-24-29-26-27(4)25-28(7-3)23-6-2;1-3-5-7-9-11-13-15-17-19-18-16-14-12-10-8-6-4-2/h6-7,11-12,14-15,23,27H,3,5,8-10,13,16-22,24-26H2,1-2,4H3;3,12,14,18-19H,1,4-11,13,15-17H2,2H3/b12-11-,15-14-,23-6-;14-12-,19-18-. The molecular formula is C46H83NS. The largest absolute Gasteiger partial charge is 0.355 e. The monoisotopic (exact) mass is 682 g/mol. The van der Waals surface area contributed by atoms with Crippen molar-refractivity contribution in [1.29, 1.82) is 0 Å². The lowest BCUT2D eigenvalue weighted by molar-refractivity contribution is 0.429. The van der Waals surface area contributed by atoms with Crippen molar-refractivity contribution < 1.29 is 0 Å². The maximum Gasteiger partial charge on any atom is 0.0252 e. The maximum absolute atomic E-state index is 3.88. The van der Waals surface area contributed by atoms with E-state index in [1.54, 1.807) is 0 Å². The summed E-state index contributed by atoms with van der Waals surface area (Å²) in [5, 5.41) is 0. The third-order valence-corrected chi connectivity index (χ3v) is 9.73. The smallest absolute Gasteiger partial charge is 0.0252 e. The van der Waals surface area contributed by atoms with Gasteiger partial charge in [-0.2, -0.15) is 11.8 Å². The van der Waals surface area contributed by atoms with Crippen molar-refractivity contribution in [2.45, 2.75) is 182 Å². The molecule has 0 bridgehead atoms. The summed E-state index contributed by atoms with van der Waals surface area (Å²) in [6, 6.07) is 0. The molecule has 48 heavy (non-hydrogen) atoms. The van der Waals surface area contributed by atoms with E-state index in [2.05, 4.69) is 118 Å². The zero-order valence-corrected chi connectivity index (χ0v) is 33.7. The molecule has 0 heterocycles. The number of unbranched alkanes of at least 4 members (excludes halogenated alkanes) is 18. The van der Waals surface area contributed by atoms with Gasteiger partial charge in [-0.25, -0.2) is 0 Å². The fourth-order valence-corrected chi connectivity index (χ4v) is 6.46. The minimum absolute atomic E-state index is 0.707. The molecule has 2 heteroatoms. The molecule has 278 valence electrons. The predicted octanol–water partition coefficient (Wildman–Crippen LogP) is 16.1. The third kappa shape index (κ3) is 44.3. The van der Waals surface area contributed by atoms with Gasteiger partial charge in [-0.15, -0.1) is 6.58 Å². The molecule has 0 fully saturated rings. The molecular weight excluding hydrogens is 599 g/mol. The molecule has 0 aliphatic rings. The highest BCUT2D eigenvalue weighted by molar-refractivity contribution is 7.99. The number of hydrogen-bond acceptors (Lipinski definition) is 2. The summed E-state index contributed by atoms with van der Waals surface area (Å²) < 4.78 is 0. The zero-order valence-electron chi connectivity index (χ0n) is 32.9. The minimum Gasteiger partial charge on any atom is -0.355 e. The number of nitrogens with zero attached hydrogens (tertiary/aromatic N) is 1. The molecule has 0 amide bonds. The van der Waals surface area contributed by atoms with E-state index in [1.165, 1.54) is 153 Å². The quantitative estimate of drug-likeness (QED) is 0.0484. The summed E-state index contributed by atoms with van der Waals surface area (Å²) in [5.74, 6) is 3.28. The Bertz CT molecular complexity index is 773. The first kappa shape index (κ1) is 48.4. The summed E-state index contributed by atoms with van der Waals surface area (Å²) in [4.78, 5) is 2.19. The fourth-order valence-electron chi connectivity index (χ4n) is 5.38. The molecule has 0 aromatic rings. The molecule has 0 aromatic heterocycles. The van der Waals surface area contributed by atoms with Gasteiger partial charge >= 0.3 is 0 Å². The Morgan fingerprint density at radius 1 is 0.542 bits per heavy atom. The van der Waals surface area contributed by atoms with Crippen molar-refractivity contribution in [2.75, 3.05) is 18.1 Å². The van der Waals surface area contributed by atoms with Crippen molar-refractivity contribution in [3.05, 3.63) is 86.3 Å². The molecule has 1 nitrogen and oxygen atoms in total. The van der Waals surface area contributed by atoms with Gasteiger partial charge in [0.1, 0.15) is 0 Å². The summed E-state index contributed by atoms with van der Waals surface area (Å²) in [6.07, 6.45) is 58.5. The van der Waals surface area contributed by atoms with Crippen LogP contribution in [0.15, 0.2) is 86.3 Å². The molecule has 0 rings (SSSR count). The Kier molecular flexibility index (Phi) is 45.7. The molecule has 0 saturated heterocycles. The Labute approximate surface area is 307 Å². The van der Waals surface area contributed by atoms with Gasteiger partial charge in [0.05, 0.1) is 0 Å². The van der Waals surface area contributed by atoms with Gasteiger partial charge < -0.3 is 4.90 Å². The van der Waals surface area contributed by atoms with Crippen molar-refractivity contribution in [2.24, 2.45) is 5.92 Å². The number of hydrogen-bond donors (Lipinski definition) is 0. The predicted molar refractivity (Wildman–Crippen MR) is 227 cm³/mol. The van der Waals surface area contributed by atoms with Crippen LogP contribution in [0, 0.1) is 5.92 Å². The Hall–Kier alpha value is -1.67. The number of rotatable bonds is 35. The molecule has 1 unspecified atom stereocenters. The van der Waals surface area contributed by atoms with Crippen molar-refractivity contribution in [3.8, 4) is 0 Å². The number of allylic oxidation sites excluding steroid dienone is 10. The normalized spacial score (nSPS) is 12.5. The fraction of sp³-hybridized carbons (Fsp3) is 0.696. The van der Waals surface area contributed by atoms with Gasteiger partial charge in [-0.3, -0.25) is 0 Å². The second-order valence-corrected chi connectivity index (χ2v) is 14.6.